The van der Waals surface area contributed by atoms with Gasteiger partial charge in [0.2, 0.25) is 11.9 Å². The number of nitrogens with zero attached hydrogens (tertiary/aromatic N) is 6. The summed E-state index contributed by atoms with van der Waals surface area (Å²) in [5, 5.41) is 0. The number of rotatable bonds is 3. The summed E-state index contributed by atoms with van der Waals surface area (Å²) >= 11 is 0. The third kappa shape index (κ3) is 2.62. The Morgan fingerprint density at radius 2 is 1.54 bits per heavy atom. The SMILES string of the molecule is Cn1c(N2CCOCC2)nc2nc(N3CCOCC3)nc(NN)c21. The molecule has 0 spiro atoms. The number of aryl methyl sites for hydroxylation is 1. The highest BCUT2D eigenvalue weighted by Crippen LogP contribution is 2.27. The minimum atomic E-state index is 0.580. The Labute approximate surface area is 139 Å². The quantitative estimate of drug-likeness (QED) is 0.558. The van der Waals surface area contributed by atoms with E-state index in [4.69, 9.17) is 20.3 Å². The normalized spacial score (nSPS) is 19.1. The molecule has 10 heteroatoms. The number of nitrogens with one attached hydrogen (secondary N) is 1. The Morgan fingerprint density at radius 1 is 0.917 bits per heavy atom. The first-order valence-corrected chi connectivity index (χ1v) is 8.14. The van der Waals surface area contributed by atoms with E-state index in [0.29, 0.717) is 43.8 Å². The van der Waals surface area contributed by atoms with E-state index >= 15 is 0 Å². The van der Waals surface area contributed by atoms with Gasteiger partial charge in [0.05, 0.1) is 26.4 Å². The average molecular weight is 334 g/mol. The first-order chi connectivity index (χ1) is 11.8. The first-order valence-electron chi connectivity index (χ1n) is 8.14. The minimum Gasteiger partial charge on any atom is -0.378 e. The molecular formula is C14H22N8O2. The molecule has 4 rings (SSSR count). The Hall–Kier alpha value is -2.17. The summed E-state index contributed by atoms with van der Waals surface area (Å²) in [5.41, 5.74) is 4.14. The molecule has 2 aliphatic heterocycles. The second-order valence-electron chi connectivity index (χ2n) is 5.86. The number of nitrogen functional groups attached to an aromatic ring is 1. The van der Waals surface area contributed by atoms with E-state index in [0.717, 1.165) is 37.6 Å². The standard InChI is InChI=1S/C14H22N8O2/c1-20-10-11(18-14(20)22-4-8-24-9-5-22)16-13(17-12(10)19-15)21-2-6-23-7-3-21/h2-9,15H2,1H3,(H,16,17,19). The molecule has 0 radical (unpaired) electrons. The summed E-state index contributed by atoms with van der Waals surface area (Å²) in [6.45, 7) is 5.91. The van der Waals surface area contributed by atoms with Crippen molar-refractivity contribution in [2.75, 3.05) is 67.8 Å². The number of ether oxygens (including phenoxy) is 2. The molecule has 0 aliphatic carbocycles. The van der Waals surface area contributed by atoms with Gasteiger partial charge in [0, 0.05) is 33.2 Å². The fourth-order valence-electron chi connectivity index (χ4n) is 3.14. The number of hydrazine groups is 1. The summed E-state index contributed by atoms with van der Waals surface area (Å²) in [5.74, 6) is 7.78. The van der Waals surface area contributed by atoms with Crippen LogP contribution in [0, 0.1) is 0 Å². The fraction of sp³-hybridized carbons (Fsp3) is 0.643. The van der Waals surface area contributed by atoms with E-state index in [1.807, 2.05) is 11.6 Å². The lowest BCUT2D eigenvalue weighted by Gasteiger charge is -2.27. The van der Waals surface area contributed by atoms with Crippen LogP contribution in [0.2, 0.25) is 0 Å². The van der Waals surface area contributed by atoms with Crippen LogP contribution in [0.3, 0.4) is 0 Å². The van der Waals surface area contributed by atoms with E-state index in [1.165, 1.54) is 0 Å². The van der Waals surface area contributed by atoms with Crippen molar-refractivity contribution in [3.05, 3.63) is 0 Å². The molecule has 0 bridgehead atoms. The van der Waals surface area contributed by atoms with Crippen LogP contribution in [0.25, 0.3) is 11.2 Å². The molecule has 24 heavy (non-hydrogen) atoms. The van der Waals surface area contributed by atoms with Gasteiger partial charge in [0.25, 0.3) is 0 Å². The third-order valence-corrected chi connectivity index (χ3v) is 4.42. The van der Waals surface area contributed by atoms with Crippen LogP contribution in [0.4, 0.5) is 17.7 Å². The first kappa shape index (κ1) is 15.4. The molecule has 10 nitrogen and oxygen atoms in total. The van der Waals surface area contributed by atoms with Gasteiger partial charge in [0.1, 0.15) is 5.52 Å². The molecule has 2 saturated heterocycles. The van der Waals surface area contributed by atoms with Gasteiger partial charge in [0.15, 0.2) is 11.5 Å². The van der Waals surface area contributed by atoms with Gasteiger partial charge < -0.3 is 29.3 Å². The highest BCUT2D eigenvalue weighted by Gasteiger charge is 2.23. The van der Waals surface area contributed by atoms with Gasteiger partial charge in [-0.2, -0.15) is 15.0 Å². The number of imidazole rings is 1. The van der Waals surface area contributed by atoms with E-state index < -0.39 is 0 Å². The molecule has 2 aliphatic rings. The zero-order valence-corrected chi connectivity index (χ0v) is 13.7. The van der Waals surface area contributed by atoms with Crippen molar-refractivity contribution in [1.82, 2.24) is 19.5 Å². The van der Waals surface area contributed by atoms with Gasteiger partial charge in [-0.15, -0.1) is 0 Å². The summed E-state index contributed by atoms with van der Waals surface area (Å²) < 4.78 is 12.8. The largest absolute Gasteiger partial charge is 0.378 e. The molecule has 0 saturated carbocycles. The maximum absolute atomic E-state index is 5.71. The number of aromatic nitrogens is 4. The molecule has 0 unspecified atom stereocenters. The summed E-state index contributed by atoms with van der Waals surface area (Å²) in [4.78, 5) is 18.3. The molecule has 130 valence electrons. The maximum Gasteiger partial charge on any atom is 0.229 e. The lowest BCUT2D eigenvalue weighted by Crippen LogP contribution is -2.37. The van der Waals surface area contributed by atoms with Gasteiger partial charge >= 0.3 is 0 Å². The maximum atomic E-state index is 5.71. The molecule has 0 aromatic carbocycles. The Bertz CT molecular complexity index is 721. The summed E-state index contributed by atoms with van der Waals surface area (Å²) in [6.07, 6.45) is 0. The molecule has 2 aromatic rings. The third-order valence-electron chi connectivity index (χ3n) is 4.42. The van der Waals surface area contributed by atoms with Crippen molar-refractivity contribution < 1.29 is 9.47 Å². The van der Waals surface area contributed by atoms with Crippen molar-refractivity contribution in [3.8, 4) is 0 Å². The van der Waals surface area contributed by atoms with Crippen molar-refractivity contribution in [2.45, 2.75) is 0 Å². The van der Waals surface area contributed by atoms with Crippen LogP contribution >= 0.6 is 0 Å². The van der Waals surface area contributed by atoms with E-state index in [9.17, 15) is 0 Å². The second kappa shape index (κ2) is 6.38. The number of morpholine rings is 2. The highest BCUT2D eigenvalue weighted by atomic mass is 16.5. The van der Waals surface area contributed by atoms with Gasteiger partial charge in [-0.05, 0) is 0 Å². The zero-order valence-electron chi connectivity index (χ0n) is 13.7. The lowest BCUT2D eigenvalue weighted by atomic mass is 10.4. The predicted octanol–water partition coefficient (Wildman–Crippen LogP) is -0.678. The number of fused-ring (bicyclic) bond motifs is 1. The number of hydrogen-bond donors (Lipinski definition) is 2. The smallest absolute Gasteiger partial charge is 0.229 e. The molecule has 0 atom stereocenters. The monoisotopic (exact) mass is 334 g/mol. The Kier molecular flexibility index (Phi) is 4.08. The fourth-order valence-corrected chi connectivity index (χ4v) is 3.14. The van der Waals surface area contributed by atoms with Crippen molar-refractivity contribution in [2.24, 2.45) is 12.9 Å². The van der Waals surface area contributed by atoms with E-state index in [1.54, 1.807) is 0 Å². The van der Waals surface area contributed by atoms with Crippen LogP contribution in [0.5, 0.6) is 0 Å². The predicted molar refractivity (Wildman–Crippen MR) is 90.2 cm³/mol. The Balaban J connectivity index is 1.76. The van der Waals surface area contributed by atoms with Gasteiger partial charge in [-0.1, -0.05) is 0 Å². The van der Waals surface area contributed by atoms with Crippen LogP contribution < -0.4 is 21.1 Å². The van der Waals surface area contributed by atoms with Crippen molar-refractivity contribution in [1.29, 1.82) is 0 Å². The molecule has 2 fully saturated rings. The topological polar surface area (TPSA) is 107 Å². The highest BCUT2D eigenvalue weighted by molar-refractivity contribution is 5.86. The molecular weight excluding hydrogens is 312 g/mol. The van der Waals surface area contributed by atoms with Crippen molar-refractivity contribution >= 4 is 28.9 Å². The number of anilines is 3. The second-order valence-corrected chi connectivity index (χ2v) is 5.86. The van der Waals surface area contributed by atoms with Crippen LogP contribution in [-0.4, -0.2) is 72.1 Å². The van der Waals surface area contributed by atoms with E-state index in [-0.39, 0.29) is 0 Å². The van der Waals surface area contributed by atoms with Crippen LogP contribution in [0.1, 0.15) is 0 Å². The van der Waals surface area contributed by atoms with Gasteiger partial charge in [-0.25, -0.2) is 5.84 Å². The molecule has 0 amide bonds. The lowest BCUT2D eigenvalue weighted by molar-refractivity contribution is 0.122. The Morgan fingerprint density at radius 3 is 2.17 bits per heavy atom. The molecule has 2 aromatic heterocycles. The average Bonchev–Trinajstić information content (AvgIpc) is 2.99. The minimum absolute atomic E-state index is 0.580. The van der Waals surface area contributed by atoms with E-state index in [2.05, 4.69) is 25.2 Å². The number of nitrogens with two attached hydrogens (primary N) is 1. The zero-order chi connectivity index (χ0) is 16.5. The summed E-state index contributed by atoms with van der Waals surface area (Å²) in [7, 11) is 1.96. The molecule has 4 heterocycles. The van der Waals surface area contributed by atoms with Crippen LogP contribution in [-0.2, 0) is 16.5 Å². The number of hydrogen-bond acceptors (Lipinski definition) is 9. The van der Waals surface area contributed by atoms with Crippen LogP contribution in [0.15, 0.2) is 0 Å². The van der Waals surface area contributed by atoms with Crippen molar-refractivity contribution in [3.63, 3.8) is 0 Å². The molecule has 3 N–H and O–H groups in total. The summed E-state index contributed by atoms with van der Waals surface area (Å²) in [6, 6.07) is 0. The van der Waals surface area contributed by atoms with Gasteiger partial charge in [-0.3, -0.25) is 0 Å².